The van der Waals surface area contributed by atoms with Crippen LogP contribution in [0.3, 0.4) is 0 Å². The van der Waals surface area contributed by atoms with Gasteiger partial charge in [0.2, 0.25) is 5.91 Å². The fourth-order valence-electron chi connectivity index (χ4n) is 5.40. The molecule has 39 heavy (non-hydrogen) atoms. The first-order chi connectivity index (χ1) is 19.0. The molecule has 9 heteroatoms. The summed E-state index contributed by atoms with van der Waals surface area (Å²) in [4.78, 5) is 37.8. The molecule has 1 aliphatic carbocycles. The highest BCUT2D eigenvalue weighted by Gasteiger charge is 2.32. The van der Waals surface area contributed by atoms with E-state index in [1.54, 1.807) is 17.3 Å². The number of nitrogens with zero attached hydrogens (tertiary/aromatic N) is 3. The van der Waals surface area contributed by atoms with Crippen LogP contribution in [-0.2, 0) is 4.79 Å². The third kappa shape index (κ3) is 4.77. The molecule has 1 aromatic carbocycles. The average Bonchev–Trinajstić information content (AvgIpc) is 3.33. The summed E-state index contributed by atoms with van der Waals surface area (Å²) < 4.78 is 0. The average molecular weight is 537 g/mol. The highest BCUT2D eigenvalue weighted by Crippen LogP contribution is 2.47. The van der Waals surface area contributed by atoms with Gasteiger partial charge >= 0.3 is 6.03 Å². The van der Waals surface area contributed by atoms with Crippen LogP contribution in [0.4, 0.5) is 21.9 Å². The molecule has 3 amide bonds. The monoisotopic (exact) mass is 536 g/mol. The van der Waals surface area contributed by atoms with Gasteiger partial charge in [-0.15, -0.1) is 11.3 Å². The van der Waals surface area contributed by atoms with Crippen molar-refractivity contribution in [1.82, 2.24) is 20.6 Å². The van der Waals surface area contributed by atoms with Crippen LogP contribution < -0.4 is 20.9 Å². The van der Waals surface area contributed by atoms with Crippen LogP contribution in [0.15, 0.2) is 80.2 Å². The van der Waals surface area contributed by atoms with E-state index < -0.39 is 0 Å². The number of aromatic nitrogens is 2. The lowest BCUT2D eigenvalue weighted by Crippen LogP contribution is -2.43. The van der Waals surface area contributed by atoms with Crippen molar-refractivity contribution < 1.29 is 9.59 Å². The summed E-state index contributed by atoms with van der Waals surface area (Å²) in [7, 11) is 0. The standard InChI is InChI=1S/C30H28N6O2S/c1-3-25(37)34-21-11-7-10-20(16-21)33-18(2)28-27-26-24(13-15-32-29(26)39-28)36(30(38)35-27)22-12-14-31-23(17-22)19-8-5-4-6-9-19/h3-6,8-9,12-15,17,20-21,33H,1-2,7,10-11,16H2,(H,34,37)(H,35,38)/t20-,21?/m1/s1. The zero-order chi connectivity index (χ0) is 26.9. The van der Waals surface area contributed by atoms with Gasteiger partial charge in [0.25, 0.3) is 0 Å². The fourth-order valence-corrected chi connectivity index (χ4v) is 6.46. The molecule has 8 nitrogen and oxygen atoms in total. The highest BCUT2D eigenvalue weighted by atomic mass is 32.1. The summed E-state index contributed by atoms with van der Waals surface area (Å²) in [5.41, 5.74) is 4.72. The third-order valence-electron chi connectivity index (χ3n) is 7.18. The first-order valence-corrected chi connectivity index (χ1v) is 13.8. The maximum Gasteiger partial charge on any atom is 0.331 e. The Morgan fingerprint density at radius 1 is 1.08 bits per heavy atom. The van der Waals surface area contributed by atoms with Gasteiger partial charge in [0.05, 0.1) is 33.0 Å². The number of rotatable bonds is 7. The minimum absolute atomic E-state index is 0.0954. The summed E-state index contributed by atoms with van der Waals surface area (Å²) >= 11 is 1.50. The lowest BCUT2D eigenvalue weighted by atomic mass is 9.90. The van der Waals surface area contributed by atoms with E-state index in [0.717, 1.165) is 74.8 Å². The molecular weight excluding hydrogens is 508 g/mol. The predicted octanol–water partition coefficient (Wildman–Crippen LogP) is 6.22. The maximum atomic E-state index is 13.6. The van der Waals surface area contributed by atoms with Crippen molar-refractivity contribution >= 4 is 56.3 Å². The molecular formula is C30H28N6O2S. The SMILES string of the molecule is C=CC(=O)NC1CCC[C@@H](NC(=C)c2sc3nccc4c3c2NC(=O)N4c2ccnc(-c3ccccc3)c2)C1. The second-order valence-corrected chi connectivity index (χ2v) is 10.7. The van der Waals surface area contributed by atoms with E-state index in [0.29, 0.717) is 0 Å². The lowest BCUT2D eigenvalue weighted by Gasteiger charge is -2.32. The number of nitrogens with one attached hydrogen (secondary N) is 3. The number of benzene rings is 1. The van der Waals surface area contributed by atoms with E-state index in [1.165, 1.54) is 17.4 Å². The second-order valence-electron chi connectivity index (χ2n) is 9.74. The van der Waals surface area contributed by atoms with Crippen molar-refractivity contribution in [3.8, 4) is 11.3 Å². The number of urea groups is 1. The van der Waals surface area contributed by atoms with Crippen molar-refractivity contribution in [2.75, 3.05) is 10.2 Å². The number of hydrogen-bond donors (Lipinski definition) is 3. The van der Waals surface area contributed by atoms with Crippen LogP contribution in [0, 0.1) is 0 Å². The van der Waals surface area contributed by atoms with Crippen molar-refractivity contribution in [3.05, 3.63) is 85.0 Å². The van der Waals surface area contributed by atoms with E-state index in [-0.39, 0.29) is 24.0 Å². The molecule has 1 unspecified atom stereocenters. The Hall–Kier alpha value is -4.50. The van der Waals surface area contributed by atoms with Gasteiger partial charge in [-0.3, -0.25) is 14.7 Å². The predicted molar refractivity (Wildman–Crippen MR) is 157 cm³/mol. The molecule has 1 saturated carbocycles. The molecule has 0 radical (unpaired) electrons. The molecule has 1 aliphatic heterocycles. The Labute approximate surface area is 230 Å². The molecule has 0 saturated heterocycles. The molecule has 6 rings (SSSR count). The molecule has 3 aromatic heterocycles. The molecule has 4 heterocycles. The van der Waals surface area contributed by atoms with Crippen LogP contribution in [0.2, 0.25) is 0 Å². The van der Waals surface area contributed by atoms with Crippen LogP contribution >= 0.6 is 11.3 Å². The van der Waals surface area contributed by atoms with Crippen molar-refractivity contribution in [2.24, 2.45) is 0 Å². The summed E-state index contributed by atoms with van der Waals surface area (Å²) in [6.45, 7) is 7.87. The quantitative estimate of drug-likeness (QED) is 0.244. The molecule has 0 spiro atoms. The Kier molecular flexibility index (Phi) is 6.58. The molecule has 196 valence electrons. The van der Waals surface area contributed by atoms with Gasteiger partial charge in [0, 0.05) is 35.7 Å². The zero-order valence-electron chi connectivity index (χ0n) is 21.3. The Balaban J connectivity index is 1.30. The van der Waals surface area contributed by atoms with Crippen molar-refractivity contribution in [1.29, 1.82) is 0 Å². The molecule has 3 N–H and O–H groups in total. The maximum absolute atomic E-state index is 13.6. The second kappa shape index (κ2) is 10.3. The van der Waals surface area contributed by atoms with E-state index in [9.17, 15) is 9.59 Å². The summed E-state index contributed by atoms with van der Waals surface area (Å²) in [6, 6.07) is 15.5. The number of carbonyl (C=O) groups excluding carboxylic acids is 2. The first kappa shape index (κ1) is 24.8. The highest BCUT2D eigenvalue weighted by molar-refractivity contribution is 7.20. The van der Waals surface area contributed by atoms with Gasteiger partial charge in [0.1, 0.15) is 4.83 Å². The Morgan fingerprint density at radius 2 is 1.85 bits per heavy atom. The zero-order valence-corrected chi connectivity index (χ0v) is 22.1. The minimum Gasteiger partial charge on any atom is -0.382 e. The lowest BCUT2D eigenvalue weighted by molar-refractivity contribution is -0.117. The van der Waals surface area contributed by atoms with E-state index >= 15 is 0 Å². The van der Waals surface area contributed by atoms with E-state index in [1.807, 2.05) is 48.5 Å². The third-order valence-corrected chi connectivity index (χ3v) is 8.33. The van der Waals surface area contributed by atoms with Gasteiger partial charge in [-0.1, -0.05) is 43.5 Å². The Morgan fingerprint density at radius 3 is 2.64 bits per heavy atom. The smallest absolute Gasteiger partial charge is 0.331 e. The van der Waals surface area contributed by atoms with Crippen LogP contribution in [0.5, 0.6) is 0 Å². The number of anilines is 3. The normalized spacial score (nSPS) is 18.4. The first-order valence-electron chi connectivity index (χ1n) is 12.9. The number of thiophene rings is 1. The van der Waals surface area contributed by atoms with Gasteiger partial charge in [-0.05, 0) is 50.0 Å². The Bertz CT molecular complexity index is 1600. The van der Waals surface area contributed by atoms with Gasteiger partial charge in [-0.25, -0.2) is 9.78 Å². The van der Waals surface area contributed by atoms with Crippen molar-refractivity contribution in [2.45, 2.75) is 37.8 Å². The minimum atomic E-state index is -0.252. The van der Waals surface area contributed by atoms with Crippen molar-refractivity contribution in [3.63, 3.8) is 0 Å². The number of carbonyl (C=O) groups is 2. The number of hydrogen-bond acceptors (Lipinski definition) is 6. The van der Waals surface area contributed by atoms with Gasteiger partial charge in [-0.2, -0.15) is 0 Å². The number of pyridine rings is 2. The largest absolute Gasteiger partial charge is 0.382 e. The van der Waals surface area contributed by atoms with Gasteiger partial charge < -0.3 is 16.0 Å². The molecule has 4 aromatic rings. The fraction of sp³-hybridized carbons (Fsp3) is 0.200. The molecule has 2 atom stereocenters. The van der Waals surface area contributed by atoms with Gasteiger partial charge in [0.15, 0.2) is 0 Å². The number of amides is 3. The van der Waals surface area contributed by atoms with Crippen LogP contribution in [-0.4, -0.2) is 34.0 Å². The van der Waals surface area contributed by atoms with E-state index in [4.69, 9.17) is 0 Å². The molecule has 0 bridgehead atoms. The van der Waals surface area contributed by atoms with Crippen LogP contribution in [0.1, 0.15) is 30.6 Å². The van der Waals surface area contributed by atoms with E-state index in [2.05, 4.69) is 39.1 Å². The topological polar surface area (TPSA) is 99.2 Å². The summed E-state index contributed by atoms with van der Waals surface area (Å²) in [6.07, 6.45) is 8.49. The summed E-state index contributed by atoms with van der Waals surface area (Å²) in [5.74, 6) is -0.149. The molecule has 1 fully saturated rings. The van der Waals surface area contributed by atoms with Crippen LogP contribution in [0.25, 0.3) is 27.2 Å². The molecule has 2 aliphatic rings. The summed E-state index contributed by atoms with van der Waals surface area (Å²) in [5, 5.41) is 10.6.